The van der Waals surface area contributed by atoms with Gasteiger partial charge in [-0.25, -0.2) is 0 Å². The van der Waals surface area contributed by atoms with Crippen LogP contribution in [0, 0.1) is 10.8 Å². The van der Waals surface area contributed by atoms with Crippen LogP contribution in [0.2, 0.25) is 0 Å². The van der Waals surface area contributed by atoms with Gasteiger partial charge in [-0.1, -0.05) is 101 Å². The summed E-state index contributed by atoms with van der Waals surface area (Å²) in [6, 6.07) is 39.2. The third-order valence-electron chi connectivity index (χ3n) is 14.4. The monoisotopic (exact) mass is 840 g/mol. The molecule has 1 spiro atoms. The average Bonchev–Trinajstić information content (AvgIpc) is 3.56. The molecule has 7 heteroatoms. The van der Waals surface area contributed by atoms with Crippen LogP contribution in [0.4, 0.5) is 5.69 Å². The highest BCUT2D eigenvalue weighted by atomic mass is 16.5. The van der Waals surface area contributed by atoms with Gasteiger partial charge in [-0.05, 0) is 124 Å². The van der Waals surface area contributed by atoms with Crippen molar-refractivity contribution in [2.75, 3.05) is 52.2 Å². The lowest BCUT2D eigenvalue weighted by molar-refractivity contribution is 0.0437. The maximum Gasteiger partial charge on any atom is 0.178 e. The topological polar surface area (TPSA) is 75.4 Å². The number of morpholine rings is 1. The zero-order valence-corrected chi connectivity index (χ0v) is 37.7. The van der Waals surface area contributed by atoms with Gasteiger partial charge in [-0.15, -0.1) is 0 Å². The summed E-state index contributed by atoms with van der Waals surface area (Å²) < 4.78 is 31.3. The van der Waals surface area contributed by atoms with Crippen LogP contribution < -0.4 is 29.6 Å². The van der Waals surface area contributed by atoms with Gasteiger partial charge in [0.15, 0.2) is 5.60 Å². The summed E-state index contributed by atoms with van der Waals surface area (Å²) in [5.41, 5.74) is 17.0. The van der Waals surface area contributed by atoms with Gasteiger partial charge in [0, 0.05) is 51.8 Å². The predicted molar refractivity (Wildman–Crippen MR) is 255 cm³/mol. The van der Waals surface area contributed by atoms with Crippen molar-refractivity contribution in [1.82, 2.24) is 0 Å². The van der Waals surface area contributed by atoms with Gasteiger partial charge >= 0.3 is 0 Å². The Hall–Kier alpha value is -5.76. The Labute approximate surface area is 372 Å². The fourth-order valence-electron chi connectivity index (χ4n) is 12.5. The van der Waals surface area contributed by atoms with Gasteiger partial charge in [0.25, 0.3) is 0 Å². The quantitative estimate of drug-likeness (QED) is 0.138. The minimum absolute atomic E-state index is 0.0544. The highest BCUT2D eigenvalue weighted by molar-refractivity contribution is 6.10. The number of benzene rings is 6. The van der Waals surface area contributed by atoms with Crippen LogP contribution in [0.5, 0.6) is 23.0 Å². The summed E-state index contributed by atoms with van der Waals surface area (Å²) in [5.74, 6) is 3.21. The largest absolute Gasteiger partial charge is 0.497 e. The smallest absolute Gasteiger partial charge is 0.178 e. The fraction of sp³-hybridized carbons (Fsp3) is 0.357. The van der Waals surface area contributed by atoms with Crippen molar-refractivity contribution in [1.29, 1.82) is 0 Å². The van der Waals surface area contributed by atoms with Crippen molar-refractivity contribution in [2.45, 2.75) is 70.8 Å². The molecule has 0 bridgehead atoms. The van der Waals surface area contributed by atoms with Crippen LogP contribution in [0.1, 0.15) is 87.6 Å². The van der Waals surface area contributed by atoms with Gasteiger partial charge in [0.2, 0.25) is 0 Å². The summed E-state index contributed by atoms with van der Waals surface area (Å²) in [4.78, 5) is 2.38. The summed E-state index contributed by atoms with van der Waals surface area (Å²) >= 11 is 0. The minimum atomic E-state index is -0.972. The first-order valence-electron chi connectivity index (χ1n) is 22.8. The Morgan fingerprint density at radius 1 is 0.730 bits per heavy atom. The third-order valence-corrected chi connectivity index (χ3v) is 14.4. The number of hydrogen-bond donors (Lipinski definition) is 1. The van der Waals surface area contributed by atoms with E-state index in [1.165, 1.54) is 40.8 Å². The lowest BCUT2D eigenvalue weighted by atomic mass is 9.50. The van der Waals surface area contributed by atoms with Gasteiger partial charge in [0.05, 0.1) is 27.4 Å². The number of ether oxygens (including phenoxy) is 5. The summed E-state index contributed by atoms with van der Waals surface area (Å²) in [6.07, 6.45) is 10.3. The Balaban J connectivity index is 1.28. The third kappa shape index (κ3) is 6.87. The van der Waals surface area contributed by atoms with Gasteiger partial charge in [0.1, 0.15) is 29.7 Å². The van der Waals surface area contributed by atoms with Gasteiger partial charge in [-0.3, -0.25) is 5.73 Å². The molecule has 2 fully saturated rings. The van der Waals surface area contributed by atoms with E-state index in [-0.39, 0.29) is 23.0 Å². The highest BCUT2D eigenvalue weighted by Gasteiger charge is 2.56. The molecular formula is C56H60N2O5. The van der Waals surface area contributed by atoms with Crippen molar-refractivity contribution >= 4 is 22.5 Å². The molecule has 4 aliphatic rings. The molecular weight excluding hydrogens is 781 g/mol. The lowest BCUT2D eigenvalue weighted by Crippen LogP contribution is -2.45. The molecule has 2 atom stereocenters. The zero-order valence-electron chi connectivity index (χ0n) is 37.7. The highest BCUT2D eigenvalue weighted by Crippen LogP contribution is 2.68. The summed E-state index contributed by atoms with van der Waals surface area (Å²) in [6.45, 7) is 13.1. The second-order valence-corrected chi connectivity index (χ2v) is 19.4. The number of nitrogens with two attached hydrogens (primary N) is 1. The predicted octanol–water partition coefficient (Wildman–Crippen LogP) is 12.3. The van der Waals surface area contributed by atoms with Crippen molar-refractivity contribution in [2.24, 2.45) is 16.6 Å². The average molecular weight is 841 g/mol. The second kappa shape index (κ2) is 15.8. The molecule has 7 nitrogen and oxygen atoms in total. The van der Waals surface area contributed by atoms with E-state index in [0.29, 0.717) is 0 Å². The molecule has 2 unspecified atom stereocenters. The van der Waals surface area contributed by atoms with Crippen LogP contribution in [-0.2, 0) is 15.8 Å². The van der Waals surface area contributed by atoms with Crippen molar-refractivity contribution < 1.29 is 23.7 Å². The number of anilines is 1. The van der Waals surface area contributed by atoms with Gasteiger partial charge < -0.3 is 28.6 Å². The van der Waals surface area contributed by atoms with Crippen molar-refractivity contribution in [3.8, 4) is 45.3 Å². The standard InChI is InChI=1S/C56H60N2O5/c1-7-25-54(4)33-53(2,3)34-55(35-54)48-11-9-8-10-43(48)50-46-32-49(62-36-57)45(37-12-18-40(19-13-37)58-27-29-61-30-28-58)31-47(46)52-44(51(50)55)24-26-56(63-52,38-14-20-41(59-5)21-15-38)39-16-22-42(60-6)23-17-39/h8-24,26,31-32H,7,25,27-30,33-36,57H2,1-6H3. The number of nitrogens with zero attached hydrogens (tertiary/aromatic N) is 1. The Bertz CT molecular complexity index is 2650. The molecule has 1 saturated carbocycles. The Kier molecular flexibility index (Phi) is 10.3. The Morgan fingerprint density at radius 2 is 1.40 bits per heavy atom. The molecule has 0 aromatic heterocycles. The maximum absolute atomic E-state index is 7.90. The lowest BCUT2D eigenvalue weighted by Gasteiger charge is -2.53. The SMILES string of the molecule is CCCC1(C)CC(C)(C)CC2(C1)c1ccccc1-c1c2c2c(c3cc(-c4ccc(N5CCOCC5)cc4)c(OCN)cc13)OC(c1ccc(OC)cc1)(c1ccc(OC)cc1)C=C2. The van der Waals surface area contributed by atoms with E-state index < -0.39 is 5.60 Å². The van der Waals surface area contributed by atoms with Crippen molar-refractivity contribution in [3.05, 3.63) is 143 Å². The molecule has 0 radical (unpaired) electrons. The molecule has 2 aliphatic heterocycles. The molecule has 2 N–H and O–H groups in total. The summed E-state index contributed by atoms with van der Waals surface area (Å²) in [5, 5.41) is 2.15. The maximum atomic E-state index is 7.90. The number of methoxy groups -OCH3 is 2. The zero-order chi connectivity index (χ0) is 43.6. The number of hydrogen-bond acceptors (Lipinski definition) is 7. The Morgan fingerprint density at radius 3 is 2.03 bits per heavy atom. The van der Waals surface area contributed by atoms with E-state index in [0.717, 1.165) is 107 Å². The van der Waals surface area contributed by atoms with E-state index in [1.54, 1.807) is 14.2 Å². The molecule has 1 saturated heterocycles. The molecule has 0 amide bonds. The fourth-order valence-corrected chi connectivity index (χ4v) is 12.5. The van der Waals surface area contributed by atoms with Crippen LogP contribution >= 0.6 is 0 Å². The second-order valence-electron chi connectivity index (χ2n) is 19.4. The summed E-state index contributed by atoms with van der Waals surface area (Å²) in [7, 11) is 3.41. The van der Waals surface area contributed by atoms with Crippen LogP contribution in [0.15, 0.2) is 115 Å². The minimum Gasteiger partial charge on any atom is -0.497 e. The van der Waals surface area contributed by atoms with E-state index >= 15 is 0 Å². The van der Waals surface area contributed by atoms with E-state index in [9.17, 15) is 0 Å². The molecule has 6 aromatic rings. The number of rotatable bonds is 10. The first kappa shape index (κ1) is 41.3. The normalized spacial score (nSPS) is 21.7. The number of fused-ring (bicyclic) bond motifs is 10. The molecule has 324 valence electrons. The van der Waals surface area contributed by atoms with Gasteiger partial charge in [-0.2, -0.15) is 0 Å². The molecule has 2 heterocycles. The van der Waals surface area contributed by atoms with Crippen LogP contribution in [0.3, 0.4) is 0 Å². The molecule has 6 aromatic carbocycles. The molecule has 10 rings (SSSR count). The van der Waals surface area contributed by atoms with Crippen LogP contribution in [0.25, 0.3) is 39.1 Å². The first-order chi connectivity index (χ1) is 30.5. The molecule has 63 heavy (non-hydrogen) atoms. The van der Waals surface area contributed by atoms with E-state index in [4.69, 9.17) is 29.4 Å². The first-order valence-corrected chi connectivity index (χ1v) is 22.8. The molecule has 2 aliphatic carbocycles. The van der Waals surface area contributed by atoms with Crippen molar-refractivity contribution in [3.63, 3.8) is 0 Å². The van der Waals surface area contributed by atoms with Crippen LogP contribution in [-0.4, -0.2) is 47.3 Å². The van der Waals surface area contributed by atoms with E-state index in [2.05, 4.69) is 130 Å². The van der Waals surface area contributed by atoms with E-state index in [1.807, 2.05) is 24.3 Å².